The summed E-state index contributed by atoms with van der Waals surface area (Å²) in [4.78, 5) is 8.68. The molecule has 3 rings (SSSR count). The first-order chi connectivity index (χ1) is 12.7. The van der Waals surface area contributed by atoms with Crippen LogP contribution in [0.25, 0.3) is 0 Å². The lowest BCUT2D eigenvalue weighted by Gasteiger charge is -2.12. The highest BCUT2D eigenvalue weighted by molar-refractivity contribution is 7.80. The Balaban J connectivity index is 1.86. The van der Waals surface area contributed by atoms with E-state index in [0.29, 0.717) is 34.9 Å². The number of ether oxygens (including phenoxy) is 2. The highest BCUT2D eigenvalue weighted by Crippen LogP contribution is 2.26. The molecule has 132 valence electrons. The lowest BCUT2D eigenvalue weighted by atomic mass is 10.3. The van der Waals surface area contributed by atoms with Crippen LogP contribution in [0.5, 0.6) is 23.3 Å². The van der Waals surface area contributed by atoms with Gasteiger partial charge >= 0.3 is 0 Å². The zero-order valence-corrected chi connectivity index (χ0v) is 15.0. The number of thiocarbonyl (C=S) groups is 1. The molecule has 0 aliphatic rings. The second kappa shape index (κ2) is 8.77. The summed E-state index contributed by atoms with van der Waals surface area (Å²) >= 11 is 5.20. The Kier molecular flexibility index (Phi) is 5.95. The van der Waals surface area contributed by atoms with Gasteiger partial charge in [0.2, 0.25) is 17.7 Å². The van der Waals surface area contributed by atoms with Crippen molar-refractivity contribution in [3.8, 4) is 23.3 Å². The maximum Gasteiger partial charge on any atom is 0.235 e. The molecule has 0 saturated heterocycles. The number of rotatable bonds is 6. The number of hydrogen-bond acceptors (Lipinski definition) is 5. The van der Waals surface area contributed by atoms with Crippen LogP contribution < -0.4 is 20.1 Å². The van der Waals surface area contributed by atoms with Crippen LogP contribution in [0.4, 0.5) is 5.95 Å². The Morgan fingerprint density at radius 3 is 1.85 bits per heavy atom. The van der Waals surface area contributed by atoms with Crippen LogP contribution in [0.15, 0.2) is 66.7 Å². The van der Waals surface area contributed by atoms with Gasteiger partial charge in [0.15, 0.2) is 5.11 Å². The summed E-state index contributed by atoms with van der Waals surface area (Å²) in [7, 11) is 0. The van der Waals surface area contributed by atoms with Crippen LogP contribution in [-0.2, 0) is 0 Å². The van der Waals surface area contributed by atoms with Crippen molar-refractivity contribution in [1.29, 1.82) is 0 Å². The summed E-state index contributed by atoms with van der Waals surface area (Å²) in [6.45, 7) is 2.65. The van der Waals surface area contributed by atoms with E-state index in [4.69, 9.17) is 21.7 Å². The molecule has 7 heteroatoms. The van der Waals surface area contributed by atoms with Gasteiger partial charge in [0.1, 0.15) is 11.5 Å². The summed E-state index contributed by atoms with van der Waals surface area (Å²) < 4.78 is 11.6. The molecule has 0 radical (unpaired) electrons. The van der Waals surface area contributed by atoms with Gasteiger partial charge in [0.25, 0.3) is 0 Å². The third-order valence-corrected chi connectivity index (χ3v) is 3.42. The molecule has 0 fully saturated rings. The van der Waals surface area contributed by atoms with Crippen molar-refractivity contribution in [2.45, 2.75) is 6.92 Å². The van der Waals surface area contributed by atoms with Crippen LogP contribution in [0.1, 0.15) is 6.92 Å². The van der Waals surface area contributed by atoms with Gasteiger partial charge in [0.05, 0.1) is 6.07 Å². The van der Waals surface area contributed by atoms with Crippen LogP contribution in [0.2, 0.25) is 0 Å². The van der Waals surface area contributed by atoms with Crippen LogP contribution >= 0.6 is 12.2 Å². The molecular formula is C19H18N4O2S. The van der Waals surface area contributed by atoms with Gasteiger partial charge in [-0.1, -0.05) is 36.4 Å². The zero-order chi connectivity index (χ0) is 18.2. The molecule has 0 saturated carbocycles. The summed E-state index contributed by atoms with van der Waals surface area (Å²) in [6, 6.07) is 20.4. The molecule has 1 heterocycles. The Labute approximate surface area is 157 Å². The minimum Gasteiger partial charge on any atom is -0.439 e. The molecule has 2 aromatic carbocycles. The maximum atomic E-state index is 5.80. The first-order valence-corrected chi connectivity index (χ1v) is 8.53. The summed E-state index contributed by atoms with van der Waals surface area (Å²) in [5.74, 6) is 2.31. The van der Waals surface area contributed by atoms with E-state index in [-0.39, 0.29) is 5.95 Å². The average Bonchev–Trinajstić information content (AvgIpc) is 2.63. The maximum absolute atomic E-state index is 5.80. The van der Waals surface area contributed by atoms with E-state index in [1.165, 1.54) is 0 Å². The molecule has 0 spiro atoms. The Bertz CT molecular complexity index is 800. The summed E-state index contributed by atoms with van der Waals surface area (Å²) in [5.41, 5.74) is 0. The quantitative estimate of drug-likeness (QED) is 0.628. The first-order valence-electron chi connectivity index (χ1n) is 8.12. The minimum absolute atomic E-state index is 0.287. The van der Waals surface area contributed by atoms with Crippen molar-refractivity contribution in [2.24, 2.45) is 0 Å². The van der Waals surface area contributed by atoms with E-state index in [9.17, 15) is 0 Å². The molecule has 0 atom stereocenters. The number of nitrogens with one attached hydrogen (secondary N) is 2. The number of aromatic nitrogens is 2. The predicted octanol–water partition coefficient (Wildman–Crippen LogP) is 4.37. The third kappa shape index (κ3) is 5.15. The van der Waals surface area contributed by atoms with Gasteiger partial charge in [0, 0.05) is 6.54 Å². The molecule has 26 heavy (non-hydrogen) atoms. The largest absolute Gasteiger partial charge is 0.439 e. The predicted molar refractivity (Wildman–Crippen MR) is 105 cm³/mol. The Morgan fingerprint density at radius 1 is 0.885 bits per heavy atom. The fourth-order valence-electron chi connectivity index (χ4n) is 2.09. The minimum atomic E-state index is 0.287. The topological polar surface area (TPSA) is 68.3 Å². The van der Waals surface area contributed by atoms with Gasteiger partial charge in [-0.25, -0.2) is 0 Å². The van der Waals surface area contributed by atoms with Crippen molar-refractivity contribution in [1.82, 2.24) is 15.3 Å². The Morgan fingerprint density at radius 2 is 1.38 bits per heavy atom. The van der Waals surface area contributed by atoms with E-state index in [1.54, 1.807) is 6.07 Å². The van der Waals surface area contributed by atoms with E-state index in [1.807, 2.05) is 67.6 Å². The molecule has 1 aromatic heterocycles. The third-order valence-electron chi connectivity index (χ3n) is 3.17. The van der Waals surface area contributed by atoms with Gasteiger partial charge in [-0.3, -0.25) is 0 Å². The van der Waals surface area contributed by atoms with E-state index < -0.39 is 0 Å². The highest BCUT2D eigenvalue weighted by Gasteiger charge is 2.10. The van der Waals surface area contributed by atoms with Crippen LogP contribution in [-0.4, -0.2) is 21.6 Å². The van der Waals surface area contributed by atoms with E-state index >= 15 is 0 Å². The van der Waals surface area contributed by atoms with Gasteiger partial charge in [-0.15, -0.1) is 0 Å². The number of nitrogens with zero attached hydrogens (tertiary/aromatic N) is 2. The molecule has 0 aliphatic carbocycles. The first kappa shape index (κ1) is 17.6. The standard InChI is InChI=1S/C19H18N4O2S/c1-2-20-19(26)23-18-21-16(24-14-9-5-3-6-10-14)13-17(22-18)25-15-11-7-4-8-12-15/h3-13H,2H2,1H3,(H2,20,21,22,23,26). The number of anilines is 1. The van der Waals surface area contributed by atoms with Crippen molar-refractivity contribution < 1.29 is 9.47 Å². The zero-order valence-electron chi connectivity index (χ0n) is 14.2. The molecule has 0 bridgehead atoms. The molecular weight excluding hydrogens is 348 g/mol. The average molecular weight is 366 g/mol. The summed E-state index contributed by atoms with van der Waals surface area (Å²) in [6.07, 6.45) is 0. The summed E-state index contributed by atoms with van der Waals surface area (Å²) in [5, 5.41) is 6.35. The molecule has 0 unspecified atom stereocenters. The SMILES string of the molecule is CCNC(=S)Nc1nc(Oc2ccccc2)cc(Oc2ccccc2)n1. The molecule has 2 N–H and O–H groups in total. The second-order valence-electron chi connectivity index (χ2n) is 5.18. The Hall–Kier alpha value is -3.19. The lowest BCUT2D eigenvalue weighted by Crippen LogP contribution is -2.28. The van der Waals surface area contributed by atoms with Crippen LogP contribution in [0, 0.1) is 0 Å². The van der Waals surface area contributed by atoms with Gasteiger partial charge in [-0.05, 0) is 43.4 Å². The fraction of sp³-hybridized carbons (Fsp3) is 0.105. The second-order valence-corrected chi connectivity index (χ2v) is 5.59. The van der Waals surface area contributed by atoms with Gasteiger partial charge in [-0.2, -0.15) is 9.97 Å². The van der Waals surface area contributed by atoms with Crippen LogP contribution in [0.3, 0.4) is 0 Å². The van der Waals surface area contributed by atoms with Crippen molar-refractivity contribution in [3.63, 3.8) is 0 Å². The smallest absolute Gasteiger partial charge is 0.235 e. The van der Waals surface area contributed by atoms with Crippen molar-refractivity contribution in [2.75, 3.05) is 11.9 Å². The highest BCUT2D eigenvalue weighted by atomic mass is 32.1. The normalized spacial score (nSPS) is 10.0. The molecule has 3 aromatic rings. The molecule has 0 amide bonds. The molecule has 6 nitrogen and oxygen atoms in total. The number of benzene rings is 2. The number of para-hydroxylation sites is 2. The van der Waals surface area contributed by atoms with Crippen molar-refractivity contribution >= 4 is 23.3 Å². The van der Waals surface area contributed by atoms with E-state index in [0.717, 1.165) is 0 Å². The van der Waals surface area contributed by atoms with Crippen molar-refractivity contribution in [3.05, 3.63) is 66.7 Å². The van der Waals surface area contributed by atoms with E-state index in [2.05, 4.69) is 20.6 Å². The number of hydrogen-bond donors (Lipinski definition) is 2. The van der Waals surface area contributed by atoms with Gasteiger partial charge < -0.3 is 20.1 Å². The fourth-order valence-corrected chi connectivity index (χ4v) is 2.32. The lowest BCUT2D eigenvalue weighted by molar-refractivity contribution is 0.435. The monoisotopic (exact) mass is 366 g/mol. The molecule has 0 aliphatic heterocycles.